The zero-order valence-electron chi connectivity index (χ0n) is 19.2. The minimum absolute atomic E-state index is 0.0865. The van der Waals surface area contributed by atoms with Crippen molar-refractivity contribution in [2.24, 2.45) is 0 Å². The normalized spacial score (nSPS) is 12.7. The maximum atomic E-state index is 13.5. The third kappa shape index (κ3) is 6.45. The van der Waals surface area contributed by atoms with Crippen LogP contribution in [0.1, 0.15) is 32.3 Å². The van der Waals surface area contributed by atoms with Gasteiger partial charge in [0.1, 0.15) is 24.2 Å². The molecule has 0 saturated heterocycles. The van der Waals surface area contributed by atoms with Gasteiger partial charge in [-0.1, -0.05) is 50.2 Å². The van der Waals surface area contributed by atoms with Gasteiger partial charge in [0, 0.05) is 18.3 Å². The molecule has 0 bridgehead atoms. The van der Waals surface area contributed by atoms with Gasteiger partial charge in [-0.2, -0.15) is 0 Å². The number of rotatable bonds is 10. The standard InChI is InChI=1S/C27H33F2N3/c1-27(2,18-32-17-26(31)4-3-13-30)23-15-21(19-5-9-24(28)10-6-19)14-22(16-23)20-7-11-25(29)12-8-20/h5-12,14-16,26,32H,3-4,13,17-18,30-31H2,1-2H3/p+3/t26-/m0/s1. The molecule has 0 heterocycles. The van der Waals surface area contributed by atoms with Gasteiger partial charge in [0.05, 0.1) is 13.1 Å². The summed E-state index contributed by atoms with van der Waals surface area (Å²) in [5, 5.41) is 2.35. The highest BCUT2D eigenvalue weighted by Gasteiger charge is 2.25. The van der Waals surface area contributed by atoms with Gasteiger partial charge in [-0.05, 0) is 58.1 Å². The van der Waals surface area contributed by atoms with E-state index in [0.29, 0.717) is 6.04 Å². The third-order valence-electron chi connectivity index (χ3n) is 6.09. The number of hydrogen-bond donors (Lipinski definition) is 3. The minimum atomic E-state index is -0.250. The van der Waals surface area contributed by atoms with E-state index in [1.807, 2.05) is 0 Å². The summed E-state index contributed by atoms with van der Waals surface area (Å²) in [5.41, 5.74) is 13.3. The number of quaternary nitrogens is 3. The Hall–Kier alpha value is -2.60. The van der Waals surface area contributed by atoms with Crippen LogP contribution in [0.2, 0.25) is 0 Å². The maximum absolute atomic E-state index is 13.5. The number of nitrogens with two attached hydrogens (primary N) is 1. The monoisotopic (exact) mass is 440 g/mol. The highest BCUT2D eigenvalue weighted by Crippen LogP contribution is 2.33. The zero-order chi connectivity index (χ0) is 23.1. The average molecular weight is 441 g/mol. The summed E-state index contributed by atoms with van der Waals surface area (Å²) in [4.78, 5) is 0. The van der Waals surface area contributed by atoms with Crippen LogP contribution in [-0.4, -0.2) is 25.7 Å². The Morgan fingerprint density at radius 2 is 1.31 bits per heavy atom. The molecule has 3 aromatic rings. The van der Waals surface area contributed by atoms with E-state index in [0.717, 1.165) is 54.7 Å². The van der Waals surface area contributed by atoms with Gasteiger partial charge in [-0.3, -0.25) is 0 Å². The van der Waals surface area contributed by atoms with Crippen molar-refractivity contribution < 1.29 is 25.6 Å². The zero-order valence-corrected chi connectivity index (χ0v) is 19.2. The lowest BCUT2D eigenvalue weighted by Crippen LogP contribution is -2.92. The second-order valence-corrected chi connectivity index (χ2v) is 9.29. The highest BCUT2D eigenvalue weighted by molar-refractivity contribution is 5.74. The molecule has 1 atom stereocenters. The Bertz CT molecular complexity index is 935. The van der Waals surface area contributed by atoms with Crippen molar-refractivity contribution in [1.29, 1.82) is 0 Å². The number of hydrogen-bond acceptors (Lipinski definition) is 0. The Balaban J connectivity index is 1.91. The third-order valence-corrected chi connectivity index (χ3v) is 6.09. The van der Waals surface area contributed by atoms with Crippen LogP contribution < -0.4 is 16.8 Å². The first kappa shape index (κ1) is 24.1. The van der Waals surface area contributed by atoms with Crippen LogP contribution in [0.15, 0.2) is 66.7 Å². The van der Waals surface area contributed by atoms with Crippen LogP contribution in [0.3, 0.4) is 0 Å². The Morgan fingerprint density at radius 1 is 0.812 bits per heavy atom. The summed E-state index contributed by atoms with van der Waals surface area (Å²) in [5.74, 6) is -0.500. The fraction of sp³-hybridized carbons (Fsp3) is 0.333. The van der Waals surface area contributed by atoms with Crippen LogP contribution in [-0.2, 0) is 5.41 Å². The van der Waals surface area contributed by atoms with Crippen LogP contribution in [0.25, 0.3) is 22.3 Å². The summed E-state index contributed by atoms with van der Waals surface area (Å²) < 4.78 is 27.0. The molecule has 0 aromatic heterocycles. The molecule has 3 aromatic carbocycles. The molecular weight excluding hydrogens is 404 g/mol. The van der Waals surface area contributed by atoms with Gasteiger partial charge in [0.25, 0.3) is 0 Å². The van der Waals surface area contributed by atoms with Crippen molar-refractivity contribution in [3.63, 3.8) is 0 Å². The van der Waals surface area contributed by atoms with Crippen molar-refractivity contribution in [3.8, 4) is 22.3 Å². The quantitative estimate of drug-likeness (QED) is 0.434. The van der Waals surface area contributed by atoms with Crippen molar-refractivity contribution in [2.75, 3.05) is 19.6 Å². The van der Waals surface area contributed by atoms with Crippen LogP contribution in [0, 0.1) is 11.6 Å². The minimum Gasteiger partial charge on any atom is -0.358 e. The van der Waals surface area contributed by atoms with Gasteiger partial charge in [0.15, 0.2) is 0 Å². The van der Waals surface area contributed by atoms with Crippen LogP contribution >= 0.6 is 0 Å². The predicted molar refractivity (Wildman–Crippen MR) is 126 cm³/mol. The molecule has 32 heavy (non-hydrogen) atoms. The Morgan fingerprint density at radius 3 is 1.78 bits per heavy atom. The summed E-state index contributed by atoms with van der Waals surface area (Å²) in [7, 11) is 0. The van der Waals surface area contributed by atoms with E-state index < -0.39 is 0 Å². The lowest BCUT2D eigenvalue weighted by atomic mass is 9.81. The SMILES string of the molecule is CC(C)(C[NH2+]C[C@@H]([NH3+])CCC[NH3+])c1cc(-c2ccc(F)cc2)cc(-c2ccc(F)cc2)c1. The Kier molecular flexibility index (Phi) is 8.13. The van der Waals surface area contributed by atoms with E-state index in [1.54, 1.807) is 24.3 Å². The molecule has 0 spiro atoms. The number of benzene rings is 3. The van der Waals surface area contributed by atoms with Gasteiger partial charge < -0.3 is 16.8 Å². The molecule has 170 valence electrons. The molecule has 3 nitrogen and oxygen atoms in total. The molecule has 0 radical (unpaired) electrons. The van der Waals surface area contributed by atoms with Crippen LogP contribution in [0.4, 0.5) is 8.78 Å². The predicted octanol–water partition coefficient (Wildman–Crippen LogP) is 2.77. The molecule has 0 aliphatic carbocycles. The van der Waals surface area contributed by atoms with Crippen molar-refractivity contribution in [2.45, 2.75) is 38.1 Å². The van der Waals surface area contributed by atoms with E-state index in [-0.39, 0.29) is 17.0 Å². The van der Waals surface area contributed by atoms with Crippen molar-refractivity contribution in [3.05, 3.63) is 83.9 Å². The van der Waals surface area contributed by atoms with E-state index in [2.05, 4.69) is 48.8 Å². The average Bonchev–Trinajstić information content (AvgIpc) is 2.78. The van der Waals surface area contributed by atoms with E-state index >= 15 is 0 Å². The van der Waals surface area contributed by atoms with Crippen molar-refractivity contribution >= 4 is 0 Å². The molecule has 5 heteroatoms. The smallest absolute Gasteiger partial charge is 0.134 e. The van der Waals surface area contributed by atoms with E-state index in [9.17, 15) is 8.78 Å². The topological polar surface area (TPSA) is 71.9 Å². The Labute approximate surface area is 189 Å². The fourth-order valence-corrected chi connectivity index (χ4v) is 3.98. The van der Waals surface area contributed by atoms with Gasteiger partial charge >= 0.3 is 0 Å². The molecule has 0 amide bonds. The first-order valence-electron chi connectivity index (χ1n) is 11.4. The molecule has 0 fully saturated rings. The van der Waals surface area contributed by atoms with Crippen LogP contribution in [0.5, 0.6) is 0 Å². The summed E-state index contributed by atoms with van der Waals surface area (Å²) in [6, 6.07) is 20.1. The maximum Gasteiger partial charge on any atom is 0.134 e. The van der Waals surface area contributed by atoms with Gasteiger partial charge in [-0.25, -0.2) is 8.78 Å². The van der Waals surface area contributed by atoms with Crippen molar-refractivity contribution in [1.82, 2.24) is 0 Å². The molecule has 0 aliphatic rings. The lowest BCUT2D eigenvalue weighted by molar-refractivity contribution is -0.686. The number of halogens is 2. The summed E-state index contributed by atoms with van der Waals surface area (Å²) >= 11 is 0. The first-order chi connectivity index (χ1) is 15.3. The summed E-state index contributed by atoms with van der Waals surface area (Å²) in [6.45, 7) is 7.37. The van der Waals surface area contributed by atoms with E-state index in [1.165, 1.54) is 29.8 Å². The molecule has 0 saturated carbocycles. The molecule has 0 aliphatic heterocycles. The highest BCUT2D eigenvalue weighted by atomic mass is 19.1. The summed E-state index contributed by atoms with van der Waals surface area (Å²) in [6.07, 6.45) is 2.22. The second kappa shape index (κ2) is 10.8. The largest absolute Gasteiger partial charge is 0.358 e. The molecule has 8 N–H and O–H groups in total. The van der Waals surface area contributed by atoms with Gasteiger partial charge in [-0.15, -0.1) is 0 Å². The first-order valence-corrected chi connectivity index (χ1v) is 11.4. The van der Waals surface area contributed by atoms with Gasteiger partial charge in [0.2, 0.25) is 0 Å². The second-order valence-electron chi connectivity index (χ2n) is 9.29. The molecule has 3 rings (SSSR count). The fourth-order valence-electron chi connectivity index (χ4n) is 3.98. The molecule has 0 unspecified atom stereocenters. The van der Waals surface area contributed by atoms with E-state index in [4.69, 9.17) is 0 Å². The molecular formula is C27H36F2N3+3. The lowest BCUT2D eigenvalue weighted by Gasteiger charge is -2.25.